The highest BCUT2D eigenvalue weighted by molar-refractivity contribution is 8.00. The summed E-state index contributed by atoms with van der Waals surface area (Å²) in [7, 11) is 0. The number of rotatable bonds is 4. The molecule has 0 bridgehead atoms. The zero-order valence-electron chi connectivity index (χ0n) is 14.6. The average Bonchev–Trinajstić information content (AvgIpc) is 2.70. The third-order valence-corrected chi connectivity index (χ3v) is 5.44. The highest BCUT2D eigenvalue weighted by atomic mass is 35.5. The average molecular weight is 411 g/mol. The van der Waals surface area contributed by atoms with Crippen LogP contribution in [0.4, 0.5) is 11.4 Å². The van der Waals surface area contributed by atoms with Crippen LogP contribution >= 0.6 is 23.4 Å². The van der Waals surface area contributed by atoms with E-state index in [9.17, 15) is 9.59 Å². The first kappa shape index (κ1) is 18.4. The molecule has 3 aromatic rings. The highest BCUT2D eigenvalue weighted by Crippen LogP contribution is 2.32. The van der Waals surface area contributed by atoms with Crippen LogP contribution in [0.2, 0.25) is 5.02 Å². The van der Waals surface area contributed by atoms with E-state index in [4.69, 9.17) is 16.3 Å². The molecule has 2 amide bonds. The molecule has 2 N–H and O–H groups in total. The van der Waals surface area contributed by atoms with Crippen LogP contribution in [0, 0.1) is 0 Å². The number of hydrogen-bond acceptors (Lipinski definition) is 4. The topological polar surface area (TPSA) is 67.4 Å². The van der Waals surface area contributed by atoms with E-state index >= 15 is 0 Å². The second kappa shape index (κ2) is 7.96. The standard InChI is InChI=1S/C21H15ClN2O3S/c22-16-3-1-2-4-18(16)27-15-8-6-14(7-9-15)23-21(26)13-5-10-19-17(11-13)24-20(25)12-28-19/h1-11H,12H2,(H,23,26)(H,24,25). The summed E-state index contributed by atoms with van der Waals surface area (Å²) < 4.78 is 5.74. The predicted octanol–water partition coefficient (Wildman–Crippen LogP) is 5.43. The van der Waals surface area contributed by atoms with Crippen LogP contribution in [-0.4, -0.2) is 17.6 Å². The lowest BCUT2D eigenvalue weighted by Crippen LogP contribution is -2.19. The van der Waals surface area contributed by atoms with E-state index in [0.29, 0.717) is 39.2 Å². The predicted molar refractivity (Wildman–Crippen MR) is 112 cm³/mol. The molecule has 0 saturated carbocycles. The second-order valence-corrected chi connectivity index (χ2v) is 7.48. The highest BCUT2D eigenvalue weighted by Gasteiger charge is 2.17. The Morgan fingerprint density at radius 3 is 2.64 bits per heavy atom. The summed E-state index contributed by atoms with van der Waals surface area (Å²) in [5, 5.41) is 6.15. The van der Waals surface area contributed by atoms with Gasteiger partial charge >= 0.3 is 0 Å². The van der Waals surface area contributed by atoms with Crippen LogP contribution < -0.4 is 15.4 Å². The summed E-state index contributed by atoms with van der Waals surface area (Å²) in [5.74, 6) is 1.24. The van der Waals surface area contributed by atoms with E-state index in [1.54, 1.807) is 48.5 Å². The van der Waals surface area contributed by atoms with Crippen LogP contribution in [0.5, 0.6) is 11.5 Å². The summed E-state index contributed by atoms with van der Waals surface area (Å²) in [4.78, 5) is 25.0. The number of anilines is 2. The number of benzene rings is 3. The Balaban J connectivity index is 1.44. The van der Waals surface area contributed by atoms with E-state index in [2.05, 4.69) is 10.6 Å². The van der Waals surface area contributed by atoms with Crippen molar-refractivity contribution >= 4 is 46.6 Å². The molecule has 3 aromatic carbocycles. The van der Waals surface area contributed by atoms with Crippen LogP contribution in [-0.2, 0) is 4.79 Å². The molecule has 0 spiro atoms. The van der Waals surface area contributed by atoms with E-state index in [-0.39, 0.29) is 11.8 Å². The summed E-state index contributed by atoms with van der Waals surface area (Å²) >= 11 is 7.55. The fraction of sp³-hybridized carbons (Fsp3) is 0.0476. The van der Waals surface area contributed by atoms with Crippen molar-refractivity contribution in [3.8, 4) is 11.5 Å². The van der Waals surface area contributed by atoms with E-state index in [1.165, 1.54) is 11.8 Å². The minimum Gasteiger partial charge on any atom is -0.456 e. The number of ether oxygens (including phenoxy) is 1. The fourth-order valence-corrected chi connectivity index (χ4v) is 3.65. The van der Waals surface area contributed by atoms with Gasteiger partial charge in [-0.25, -0.2) is 0 Å². The Hall–Kier alpha value is -2.96. The minimum atomic E-state index is -0.257. The molecule has 1 heterocycles. The minimum absolute atomic E-state index is 0.0656. The maximum atomic E-state index is 12.5. The fourth-order valence-electron chi connectivity index (χ4n) is 2.69. The molecule has 5 nitrogen and oxygen atoms in total. The molecule has 1 aliphatic heterocycles. The third kappa shape index (κ3) is 4.13. The molecule has 28 heavy (non-hydrogen) atoms. The van der Waals surface area contributed by atoms with Crippen molar-refractivity contribution in [1.82, 2.24) is 0 Å². The number of nitrogens with one attached hydrogen (secondary N) is 2. The number of fused-ring (bicyclic) bond motifs is 1. The van der Waals surface area contributed by atoms with Gasteiger partial charge in [0.1, 0.15) is 11.5 Å². The number of hydrogen-bond donors (Lipinski definition) is 2. The van der Waals surface area contributed by atoms with Gasteiger partial charge in [0.15, 0.2) is 0 Å². The quantitative estimate of drug-likeness (QED) is 0.601. The smallest absolute Gasteiger partial charge is 0.255 e. The Morgan fingerprint density at radius 1 is 1.07 bits per heavy atom. The lowest BCUT2D eigenvalue weighted by atomic mass is 10.1. The molecular weight excluding hydrogens is 396 g/mol. The van der Waals surface area contributed by atoms with Crippen molar-refractivity contribution in [3.63, 3.8) is 0 Å². The Kier molecular flexibility index (Phi) is 5.23. The molecule has 1 aliphatic rings. The maximum Gasteiger partial charge on any atom is 0.255 e. The van der Waals surface area contributed by atoms with E-state index in [0.717, 1.165) is 4.90 Å². The molecule has 0 atom stereocenters. The van der Waals surface area contributed by atoms with Gasteiger partial charge < -0.3 is 15.4 Å². The molecular formula is C21H15ClN2O3S. The number of halogens is 1. The molecule has 140 valence electrons. The van der Waals surface area contributed by atoms with Gasteiger partial charge in [-0.1, -0.05) is 23.7 Å². The van der Waals surface area contributed by atoms with Crippen LogP contribution in [0.15, 0.2) is 71.6 Å². The van der Waals surface area contributed by atoms with Gasteiger partial charge in [-0.2, -0.15) is 0 Å². The number of thioether (sulfide) groups is 1. The van der Waals surface area contributed by atoms with Gasteiger partial charge in [-0.15, -0.1) is 11.8 Å². The lowest BCUT2D eigenvalue weighted by Gasteiger charge is -2.17. The first-order chi connectivity index (χ1) is 13.6. The first-order valence-corrected chi connectivity index (χ1v) is 9.85. The second-order valence-electron chi connectivity index (χ2n) is 6.06. The van der Waals surface area contributed by atoms with Crippen LogP contribution in [0.3, 0.4) is 0 Å². The lowest BCUT2D eigenvalue weighted by molar-refractivity contribution is -0.113. The maximum absolute atomic E-state index is 12.5. The number of para-hydroxylation sites is 1. The Labute approximate surface area is 171 Å². The third-order valence-electron chi connectivity index (χ3n) is 4.05. The summed E-state index contributed by atoms with van der Waals surface area (Å²) in [6.07, 6.45) is 0. The Morgan fingerprint density at radius 2 is 1.86 bits per heavy atom. The van der Waals surface area contributed by atoms with Crippen molar-refractivity contribution in [2.75, 3.05) is 16.4 Å². The molecule has 0 aromatic heterocycles. The zero-order chi connectivity index (χ0) is 19.5. The largest absolute Gasteiger partial charge is 0.456 e. The van der Waals surface area contributed by atoms with Crippen LogP contribution in [0.25, 0.3) is 0 Å². The molecule has 0 saturated heterocycles. The van der Waals surface area contributed by atoms with Crippen molar-refractivity contribution in [2.24, 2.45) is 0 Å². The summed E-state index contributed by atoms with van der Waals surface area (Å²) in [6.45, 7) is 0. The van der Waals surface area contributed by atoms with Gasteiger partial charge in [0.25, 0.3) is 5.91 Å². The van der Waals surface area contributed by atoms with E-state index < -0.39 is 0 Å². The Bertz CT molecular complexity index is 1050. The monoisotopic (exact) mass is 410 g/mol. The van der Waals surface area contributed by atoms with Gasteiger partial charge in [0.05, 0.1) is 16.5 Å². The molecule has 7 heteroatoms. The van der Waals surface area contributed by atoms with Gasteiger partial charge in [0, 0.05) is 16.1 Å². The first-order valence-electron chi connectivity index (χ1n) is 8.49. The van der Waals surface area contributed by atoms with Crippen molar-refractivity contribution in [2.45, 2.75) is 4.90 Å². The molecule has 0 aliphatic carbocycles. The molecule has 0 radical (unpaired) electrons. The van der Waals surface area contributed by atoms with E-state index in [1.807, 2.05) is 18.2 Å². The normalized spacial score (nSPS) is 12.7. The molecule has 4 rings (SSSR count). The van der Waals surface area contributed by atoms with Crippen LogP contribution in [0.1, 0.15) is 10.4 Å². The van der Waals surface area contributed by atoms with Gasteiger partial charge in [-0.3, -0.25) is 9.59 Å². The summed E-state index contributed by atoms with van der Waals surface area (Å²) in [5.41, 5.74) is 1.77. The van der Waals surface area contributed by atoms with Crippen molar-refractivity contribution < 1.29 is 14.3 Å². The molecule has 0 fully saturated rings. The SMILES string of the molecule is O=C1CSc2ccc(C(=O)Nc3ccc(Oc4ccccc4Cl)cc3)cc2N1. The van der Waals surface area contributed by atoms with Crippen molar-refractivity contribution in [3.05, 3.63) is 77.3 Å². The molecule has 0 unspecified atom stereocenters. The number of carbonyl (C=O) groups excluding carboxylic acids is 2. The van der Waals surface area contributed by atoms with Crippen molar-refractivity contribution in [1.29, 1.82) is 0 Å². The number of amides is 2. The zero-order valence-corrected chi connectivity index (χ0v) is 16.1. The van der Waals surface area contributed by atoms with Gasteiger partial charge in [-0.05, 0) is 54.6 Å². The number of carbonyl (C=O) groups is 2. The van der Waals surface area contributed by atoms with Gasteiger partial charge in [0.2, 0.25) is 5.91 Å². The summed E-state index contributed by atoms with van der Waals surface area (Å²) in [6, 6.07) is 19.5.